The van der Waals surface area contributed by atoms with Gasteiger partial charge in [0.25, 0.3) is 11.6 Å². The first kappa shape index (κ1) is 22.1. The van der Waals surface area contributed by atoms with Gasteiger partial charge in [0.2, 0.25) is 0 Å². The molecule has 0 aliphatic carbocycles. The number of hydrogen-bond donors (Lipinski definition) is 1. The van der Waals surface area contributed by atoms with Crippen LogP contribution in [0.5, 0.6) is 5.75 Å². The van der Waals surface area contributed by atoms with Crippen LogP contribution in [0.3, 0.4) is 0 Å². The summed E-state index contributed by atoms with van der Waals surface area (Å²) in [6, 6.07) is 9.16. The van der Waals surface area contributed by atoms with Crippen molar-refractivity contribution in [2.24, 2.45) is 0 Å². The minimum absolute atomic E-state index is 0.0510. The fraction of sp³-hybridized carbons (Fsp3) is 0.263. The number of benzene rings is 2. The topological polar surface area (TPSA) is 88.0 Å². The molecule has 1 heterocycles. The van der Waals surface area contributed by atoms with Crippen molar-refractivity contribution in [1.29, 1.82) is 0 Å². The molecule has 8 nitrogen and oxygen atoms in total. The smallest absolute Gasteiger partial charge is 0.271 e. The summed E-state index contributed by atoms with van der Waals surface area (Å²) in [5, 5.41) is 14.6. The lowest BCUT2D eigenvalue weighted by atomic mass is 10.2. The van der Waals surface area contributed by atoms with E-state index in [1.165, 1.54) is 25.3 Å². The van der Waals surface area contributed by atoms with Crippen molar-refractivity contribution in [1.82, 2.24) is 10.2 Å². The number of thiocarbonyl (C=S) groups is 1. The first-order valence-corrected chi connectivity index (χ1v) is 10.1. The Labute approximate surface area is 188 Å². The maximum absolute atomic E-state index is 12.5. The number of nitro benzene ring substituents is 1. The van der Waals surface area contributed by atoms with Crippen LogP contribution >= 0.6 is 35.4 Å². The zero-order valence-electron chi connectivity index (χ0n) is 15.9. The Bertz CT molecular complexity index is 996. The van der Waals surface area contributed by atoms with Crippen LogP contribution in [0.1, 0.15) is 10.4 Å². The first-order valence-electron chi connectivity index (χ1n) is 8.93. The third-order valence-electron chi connectivity index (χ3n) is 4.68. The predicted molar refractivity (Wildman–Crippen MR) is 120 cm³/mol. The maximum atomic E-state index is 12.5. The number of rotatable bonds is 4. The number of anilines is 1. The van der Waals surface area contributed by atoms with E-state index in [-0.39, 0.29) is 11.6 Å². The second-order valence-electron chi connectivity index (χ2n) is 6.48. The Morgan fingerprint density at radius 2 is 1.83 bits per heavy atom. The first-order chi connectivity index (χ1) is 14.3. The van der Waals surface area contributed by atoms with E-state index < -0.39 is 4.92 Å². The van der Waals surface area contributed by atoms with Gasteiger partial charge in [-0.1, -0.05) is 23.2 Å². The molecule has 1 fully saturated rings. The van der Waals surface area contributed by atoms with E-state index >= 15 is 0 Å². The SMILES string of the molecule is COc1ccc(C(=O)NC(=S)N2CCN(c3ccc([N+](=O)[O-])cc3Cl)CC2)cc1Cl. The number of methoxy groups -OCH3 is 1. The summed E-state index contributed by atoms with van der Waals surface area (Å²) < 4.78 is 5.08. The molecular formula is C19H18Cl2N4O4S. The van der Waals surface area contributed by atoms with Gasteiger partial charge in [0.1, 0.15) is 5.75 Å². The summed E-state index contributed by atoms with van der Waals surface area (Å²) in [6.45, 7) is 2.33. The second kappa shape index (κ2) is 9.46. The third kappa shape index (κ3) is 4.92. The molecule has 1 saturated heterocycles. The molecule has 1 amide bonds. The van der Waals surface area contributed by atoms with Crippen molar-refractivity contribution < 1.29 is 14.5 Å². The number of nitro groups is 1. The molecule has 2 aromatic carbocycles. The lowest BCUT2D eigenvalue weighted by Crippen LogP contribution is -2.52. The highest BCUT2D eigenvalue weighted by atomic mass is 35.5. The maximum Gasteiger partial charge on any atom is 0.271 e. The van der Waals surface area contributed by atoms with E-state index in [0.29, 0.717) is 52.6 Å². The number of hydrogen-bond acceptors (Lipinski definition) is 6. The zero-order chi connectivity index (χ0) is 21.8. The normalized spacial score (nSPS) is 13.7. The number of halogens is 2. The molecule has 0 saturated carbocycles. The fourth-order valence-corrected chi connectivity index (χ4v) is 3.90. The van der Waals surface area contributed by atoms with Crippen molar-refractivity contribution >= 4 is 57.8 Å². The van der Waals surface area contributed by atoms with Crippen molar-refractivity contribution in [3.8, 4) is 5.75 Å². The van der Waals surface area contributed by atoms with Gasteiger partial charge in [-0.25, -0.2) is 0 Å². The summed E-state index contributed by atoms with van der Waals surface area (Å²) in [5.41, 5.74) is 1.05. The summed E-state index contributed by atoms with van der Waals surface area (Å²) in [7, 11) is 1.50. The van der Waals surface area contributed by atoms with Gasteiger partial charge in [-0.05, 0) is 36.5 Å². The average molecular weight is 469 g/mol. The molecule has 1 aliphatic rings. The van der Waals surface area contributed by atoms with Crippen LogP contribution in [-0.2, 0) is 0 Å². The molecule has 1 N–H and O–H groups in total. The van der Waals surface area contributed by atoms with E-state index in [0.717, 1.165) is 5.69 Å². The highest BCUT2D eigenvalue weighted by molar-refractivity contribution is 7.80. The number of nitrogens with zero attached hydrogens (tertiary/aromatic N) is 3. The highest BCUT2D eigenvalue weighted by Gasteiger charge is 2.23. The molecule has 0 bridgehead atoms. The van der Waals surface area contributed by atoms with Crippen molar-refractivity contribution in [3.63, 3.8) is 0 Å². The number of ether oxygens (including phenoxy) is 1. The highest BCUT2D eigenvalue weighted by Crippen LogP contribution is 2.30. The Morgan fingerprint density at radius 1 is 1.13 bits per heavy atom. The van der Waals surface area contributed by atoms with Crippen molar-refractivity contribution in [3.05, 3.63) is 62.1 Å². The van der Waals surface area contributed by atoms with E-state index in [9.17, 15) is 14.9 Å². The fourth-order valence-electron chi connectivity index (χ4n) is 3.07. The molecule has 158 valence electrons. The molecule has 0 aromatic heterocycles. The molecule has 0 unspecified atom stereocenters. The molecule has 0 radical (unpaired) electrons. The molecule has 3 rings (SSSR count). The van der Waals surface area contributed by atoms with Crippen LogP contribution in [0.4, 0.5) is 11.4 Å². The standard InChI is InChI=1S/C19H18Cl2N4O4S/c1-29-17-5-2-12(10-15(17)21)18(26)22-19(30)24-8-6-23(7-9-24)16-4-3-13(25(27)28)11-14(16)20/h2-5,10-11H,6-9H2,1H3,(H,22,26,30). The van der Waals surface area contributed by atoms with Gasteiger partial charge in [0.15, 0.2) is 5.11 Å². The van der Waals surface area contributed by atoms with Gasteiger partial charge in [-0.2, -0.15) is 0 Å². The van der Waals surface area contributed by atoms with Crippen LogP contribution < -0.4 is 15.0 Å². The number of carbonyl (C=O) groups excluding carboxylic acids is 1. The van der Waals surface area contributed by atoms with Gasteiger partial charge in [-0.15, -0.1) is 0 Å². The Balaban J connectivity index is 1.58. The van der Waals surface area contributed by atoms with Gasteiger partial charge >= 0.3 is 0 Å². The van der Waals surface area contributed by atoms with Crippen LogP contribution in [0.15, 0.2) is 36.4 Å². The lowest BCUT2D eigenvalue weighted by molar-refractivity contribution is -0.384. The quantitative estimate of drug-likeness (QED) is 0.415. The number of nitrogens with one attached hydrogen (secondary N) is 1. The number of piperazine rings is 1. The Hall–Kier alpha value is -2.62. The van der Waals surface area contributed by atoms with Crippen LogP contribution in [0, 0.1) is 10.1 Å². The lowest BCUT2D eigenvalue weighted by Gasteiger charge is -2.37. The van der Waals surface area contributed by atoms with Crippen molar-refractivity contribution in [2.75, 3.05) is 38.2 Å². The van der Waals surface area contributed by atoms with Gasteiger partial charge in [-0.3, -0.25) is 20.2 Å². The van der Waals surface area contributed by atoms with Crippen LogP contribution in [0.25, 0.3) is 0 Å². The molecule has 1 aliphatic heterocycles. The molecule has 2 aromatic rings. The monoisotopic (exact) mass is 468 g/mol. The van der Waals surface area contributed by atoms with E-state index in [4.69, 9.17) is 40.2 Å². The second-order valence-corrected chi connectivity index (χ2v) is 7.68. The predicted octanol–water partition coefficient (Wildman–Crippen LogP) is 3.75. The van der Waals surface area contributed by atoms with Crippen LogP contribution in [-0.4, -0.2) is 54.1 Å². The van der Waals surface area contributed by atoms with Crippen LogP contribution in [0.2, 0.25) is 10.0 Å². The van der Waals surface area contributed by atoms with Gasteiger partial charge in [0.05, 0.1) is 27.8 Å². The van der Waals surface area contributed by atoms with Gasteiger partial charge < -0.3 is 14.5 Å². The number of amides is 1. The number of non-ortho nitro benzene ring substituents is 1. The van der Waals surface area contributed by atoms with E-state index in [1.807, 2.05) is 9.80 Å². The molecule has 30 heavy (non-hydrogen) atoms. The minimum Gasteiger partial charge on any atom is -0.495 e. The summed E-state index contributed by atoms with van der Waals surface area (Å²) in [5.74, 6) is 0.127. The Kier molecular flexibility index (Phi) is 6.96. The summed E-state index contributed by atoms with van der Waals surface area (Å²) >= 11 is 17.7. The summed E-state index contributed by atoms with van der Waals surface area (Å²) in [4.78, 5) is 26.7. The zero-order valence-corrected chi connectivity index (χ0v) is 18.3. The molecular weight excluding hydrogens is 451 g/mol. The largest absolute Gasteiger partial charge is 0.495 e. The summed E-state index contributed by atoms with van der Waals surface area (Å²) in [6.07, 6.45) is 0. The molecule has 0 atom stereocenters. The van der Waals surface area contributed by atoms with Gasteiger partial charge in [0, 0.05) is 43.9 Å². The van der Waals surface area contributed by atoms with E-state index in [2.05, 4.69) is 5.32 Å². The van der Waals surface area contributed by atoms with Crippen molar-refractivity contribution in [2.45, 2.75) is 0 Å². The Morgan fingerprint density at radius 3 is 2.40 bits per heavy atom. The molecule has 0 spiro atoms. The number of carbonyl (C=O) groups is 1. The average Bonchev–Trinajstić information content (AvgIpc) is 2.73. The van der Waals surface area contributed by atoms with E-state index in [1.54, 1.807) is 18.2 Å². The third-order valence-corrected chi connectivity index (χ3v) is 5.64. The minimum atomic E-state index is -0.481. The molecule has 11 heteroatoms.